The largest absolute Gasteiger partial charge is 0.326 e. The van der Waals surface area contributed by atoms with Gasteiger partial charge in [-0.15, -0.1) is 0 Å². The van der Waals surface area contributed by atoms with Gasteiger partial charge in [-0.25, -0.2) is 0 Å². The van der Waals surface area contributed by atoms with E-state index in [0.29, 0.717) is 24.7 Å². The third-order valence-electron chi connectivity index (χ3n) is 2.61. The topological polar surface area (TPSA) is 84.3 Å². The Kier molecular flexibility index (Phi) is 5.44. The Bertz CT molecular complexity index is 472. The van der Waals surface area contributed by atoms with Crippen LogP contribution in [0.5, 0.6) is 0 Å². The number of hydrogen-bond acceptors (Lipinski definition) is 4. The van der Waals surface area contributed by atoms with Gasteiger partial charge in [0.05, 0.1) is 10.6 Å². The van der Waals surface area contributed by atoms with Gasteiger partial charge < -0.3 is 10.6 Å². The van der Waals surface area contributed by atoms with E-state index in [9.17, 15) is 14.9 Å². The van der Waals surface area contributed by atoms with Crippen LogP contribution >= 0.6 is 0 Å². The molecule has 0 radical (unpaired) electrons. The molecule has 104 valence electrons. The quantitative estimate of drug-likeness (QED) is 0.610. The van der Waals surface area contributed by atoms with Gasteiger partial charge in [0.2, 0.25) is 5.91 Å². The lowest BCUT2D eigenvalue weighted by Gasteiger charge is -2.10. The summed E-state index contributed by atoms with van der Waals surface area (Å²) in [6.07, 6.45) is 0.334. The second-order valence-corrected chi connectivity index (χ2v) is 4.66. The second kappa shape index (κ2) is 6.84. The molecule has 0 unspecified atom stereocenters. The zero-order valence-corrected chi connectivity index (χ0v) is 11.4. The van der Waals surface area contributed by atoms with E-state index in [1.165, 1.54) is 12.1 Å². The summed E-state index contributed by atoms with van der Waals surface area (Å²) in [6.45, 7) is 6.38. The molecule has 0 atom stereocenters. The number of nitro benzene ring substituents is 1. The molecular weight excluding hydrogens is 246 g/mol. The summed E-state index contributed by atoms with van der Waals surface area (Å²) in [5.41, 5.74) is 1.26. The van der Waals surface area contributed by atoms with Crippen molar-refractivity contribution in [2.45, 2.75) is 33.2 Å². The number of carbonyl (C=O) groups is 1. The molecule has 0 spiro atoms. The average Bonchev–Trinajstić information content (AvgIpc) is 2.31. The van der Waals surface area contributed by atoms with Gasteiger partial charge in [0.1, 0.15) is 0 Å². The van der Waals surface area contributed by atoms with Crippen molar-refractivity contribution in [3.63, 3.8) is 0 Å². The van der Waals surface area contributed by atoms with E-state index in [1.54, 1.807) is 13.0 Å². The first-order chi connectivity index (χ1) is 8.90. The van der Waals surface area contributed by atoms with Gasteiger partial charge in [-0.3, -0.25) is 14.9 Å². The number of non-ortho nitro benzene ring substituents is 1. The number of nitrogens with zero attached hydrogens (tertiary/aromatic N) is 1. The molecule has 0 fully saturated rings. The Balaban J connectivity index is 2.63. The number of benzene rings is 1. The van der Waals surface area contributed by atoms with Crippen LogP contribution in [0.15, 0.2) is 18.2 Å². The maximum Gasteiger partial charge on any atom is 0.271 e. The molecule has 0 heterocycles. The van der Waals surface area contributed by atoms with Crippen LogP contribution in [-0.4, -0.2) is 23.4 Å². The summed E-state index contributed by atoms with van der Waals surface area (Å²) in [4.78, 5) is 21.9. The first-order valence-corrected chi connectivity index (χ1v) is 6.18. The van der Waals surface area contributed by atoms with E-state index in [-0.39, 0.29) is 11.6 Å². The molecule has 2 N–H and O–H groups in total. The lowest BCUT2D eigenvalue weighted by Crippen LogP contribution is -2.27. The van der Waals surface area contributed by atoms with E-state index in [0.717, 1.165) is 5.56 Å². The van der Waals surface area contributed by atoms with Crippen LogP contribution in [-0.2, 0) is 4.79 Å². The Morgan fingerprint density at radius 1 is 1.42 bits per heavy atom. The monoisotopic (exact) mass is 265 g/mol. The number of nitro groups is 1. The van der Waals surface area contributed by atoms with Crippen molar-refractivity contribution < 1.29 is 9.72 Å². The normalized spacial score (nSPS) is 10.5. The summed E-state index contributed by atoms with van der Waals surface area (Å²) >= 11 is 0. The van der Waals surface area contributed by atoms with Crippen molar-refractivity contribution in [3.05, 3.63) is 33.9 Å². The molecule has 0 aliphatic rings. The maximum atomic E-state index is 11.7. The summed E-state index contributed by atoms with van der Waals surface area (Å²) in [6, 6.07) is 4.75. The maximum absolute atomic E-state index is 11.7. The van der Waals surface area contributed by atoms with Gasteiger partial charge in [-0.05, 0) is 12.5 Å². The predicted molar refractivity (Wildman–Crippen MR) is 74.2 cm³/mol. The molecule has 0 bridgehead atoms. The third-order valence-corrected chi connectivity index (χ3v) is 2.61. The highest BCUT2D eigenvalue weighted by atomic mass is 16.6. The molecule has 0 aliphatic heterocycles. The number of rotatable bonds is 6. The van der Waals surface area contributed by atoms with Gasteiger partial charge >= 0.3 is 0 Å². The smallest absolute Gasteiger partial charge is 0.271 e. The number of carbonyl (C=O) groups excluding carboxylic acids is 1. The molecule has 0 saturated carbocycles. The molecule has 0 aliphatic carbocycles. The first-order valence-electron chi connectivity index (χ1n) is 6.18. The van der Waals surface area contributed by atoms with Gasteiger partial charge in [-0.1, -0.05) is 19.9 Å². The van der Waals surface area contributed by atoms with Crippen LogP contribution in [0.2, 0.25) is 0 Å². The van der Waals surface area contributed by atoms with Gasteiger partial charge in [0, 0.05) is 31.1 Å². The van der Waals surface area contributed by atoms with E-state index in [2.05, 4.69) is 10.6 Å². The summed E-state index contributed by atoms with van der Waals surface area (Å²) < 4.78 is 0. The van der Waals surface area contributed by atoms with Crippen molar-refractivity contribution in [2.75, 3.05) is 11.9 Å². The molecule has 6 nitrogen and oxygen atoms in total. The molecule has 1 amide bonds. The van der Waals surface area contributed by atoms with E-state index in [4.69, 9.17) is 0 Å². The molecule has 0 aromatic heterocycles. The van der Waals surface area contributed by atoms with E-state index in [1.807, 2.05) is 13.8 Å². The predicted octanol–water partition coefficient (Wildman–Crippen LogP) is 2.23. The van der Waals surface area contributed by atoms with Crippen LogP contribution in [0.25, 0.3) is 0 Å². The van der Waals surface area contributed by atoms with Crippen LogP contribution in [0.1, 0.15) is 25.8 Å². The van der Waals surface area contributed by atoms with Crippen molar-refractivity contribution in [3.8, 4) is 0 Å². The Morgan fingerprint density at radius 2 is 2.11 bits per heavy atom. The van der Waals surface area contributed by atoms with Crippen LogP contribution in [0, 0.1) is 17.0 Å². The van der Waals surface area contributed by atoms with Crippen molar-refractivity contribution in [1.29, 1.82) is 0 Å². The molecule has 6 heteroatoms. The highest BCUT2D eigenvalue weighted by molar-refractivity contribution is 5.92. The van der Waals surface area contributed by atoms with E-state index >= 15 is 0 Å². The number of anilines is 1. The lowest BCUT2D eigenvalue weighted by molar-refractivity contribution is -0.384. The number of nitrogens with one attached hydrogen (secondary N) is 2. The highest BCUT2D eigenvalue weighted by Gasteiger charge is 2.10. The van der Waals surface area contributed by atoms with Gasteiger partial charge in [0.15, 0.2) is 0 Å². The molecule has 1 aromatic rings. The second-order valence-electron chi connectivity index (χ2n) is 4.66. The zero-order chi connectivity index (χ0) is 14.4. The summed E-state index contributed by atoms with van der Waals surface area (Å²) in [5, 5.41) is 16.5. The summed E-state index contributed by atoms with van der Waals surface area (Å²) in [7, 11) is 0. The Hall–Kier alpha value is -1.95. The molecule has 0 saturated heterocycles. The first kappa shape index (κ1) is 15.1. The van der Waals surface area contributed by atoms with Crippen molar-refractivity contribution in [1.82, 2.24) is 5.32 Å². The minimum atomic E-state index is -0.477. The number of aryl methyl sites for hydroxylation is 1. The fourth-order valence-corrected chi connectivity index (χ4v) is 1.55. The van der Waals surface area contributed by atoms with Crippen molar-refractivity contribution in [2.24, 2.45) is 0 Å². The lowest BCUT2D eigenvalue weighted by atomic mass is 10.1. The molecule has 1 aromatic carbocycles. The van der Waals surface area contributed by atoms with E-state index < -0.39 is 4.92 Å². The average molecular weight is 265 g/mol. The fraction of sp³-hybridized carbons (Fsp3) is 0.462. The minimum Gasteiger partial charge on any atom is -0.326 e. The number of hydrogen-bond donors (Lipinski definition) is 2. The van der Waals surface area contributed by atoms with Crippen LogP contribution in [0.3, 0.4) is 0 Å². The highest BCUT2D eigenvalue weighted by Crippen LogP contribution is 2.21. The SMILES string of the molecule is Cc1ccc([N+](=O)[O-])cc1NC(=O)CCNC(C)C. The Labute approximate surface area is 112 Å². The number of amides is 1. The molecular formula is C13H19N3O3. The Morgan fingerprint density at radius 3 is 2.68 bits per heavy atom. The molecule has 19 heavy (non-hydrogen) atoms. The minimum absolute atomic E-state index is 0.0267. The molecule has 1 rings (SSSR count). The standard InChI is InChI=1S/C13H19N3O3/c1-9(2)14-7-6-13(17)15-12-8-11(16(18)19)5-4-10(12)3/h4-5,8-9,14H,6-7H2,1-3H3,(H,15,17). The fourth-order valence-electron chi connectivity index (χ4n) is 1.55. The summed E-state index contributed by atoms with van der Waals surface area (Å²) in [5.74, 6) is -0.156. The van der Waals surface area contributed by atoms with Gasteiger partial charge in [0.25, 0.3) is 5.69 Å². The van der Waals surface area contributed by atoms with Crippen molar-refractivity contribution >= 4 is 17.3 Å². The van der Waals surface area contributed by atoms with Crippen LogP contribution in [0.4, 0.5) is 11.4 Å². The zero-order valence-electron chi connectivity index (χ0n) is 11.4. The van der Waals surface area contributed by atoms with Crippen LogP contribution < -0.4 is 10.6 Å². The van der Waals surface area contributed by atoms with Gasteiger partial charge in [-0.2, -0.15) is 0 Å². The third kappa shape index (κ3) is 5.05.